The Morgan fingerprint density at radius 3 is 1.78 bits per heavy atom. The Labute approximate surface area is 349 Å². The number of anilines is 1. The van der Waals surface area contributed by atoms with Crippen LogP contribution in [0.15, 0.2) is 174 Å². The molecule has 10 aromatic rings. The molecule has 8 heteroatoms. The van der Waals surface area contributed by atoms with E-state index >= 15 is 0 Å². The van der Waals surface area contributed by atoms with Gasteiger partial charge < -0.3 is 5.73 Å². The molecule has 0 aliphatic heterocycles. The second-order valence-corrected chi connectivity index (χ2v) is 16.9. The molecule has 7 aromatic carbocycles. The summed E-state index contributed by atoms with van der Waals surface area (Å²) in [5.41, 5.74) is 12.5. The minimum atomic E-state index is 0.185. The number of aliphatic imine (C=N–C) groups is 2. The van der Waals surface area contributed by atoms with E-state index in [0.29, 0.717) is 17.2 Å². The summed E-state index contributed by atoms with van der Waals surface area (Å²) >= 11 is 5.09. The molecule has 282 valence electrons. The number of nitrogens with zero attached hydrogens (tertiary/aromatic N) is 2. The molecule has 0 spiro atoms. The third kappa shape index (κ3) is 7.73. The van der Waals surface area contributed by atoms with E-state index in [1.54, 1.807) is 34.0 Å². The third-order valence-electron chi connectivity index (χ3n) is 9.86. The first-order chi connectivity index (χ1) is 28.3. The molecular formula is C50H39N5S3. The number of hydrogen-bond donors (Lipinski definition) is 3. The molecule has 4 N–H and O–H groups in total. The number of aryl methyl sites for hydroxylation is 2. The molecule has 0 saturated carbocycles. The number of hydrogen-bond acceptors (Lipinski definition) is 6. The lowest BCUT2D eigenvalue weighted by Gasteiger charge is -2.06. The zero-order valence-corrected chi connectivity index (χ0v) is 34.4. The summed E-state index contributed by atoms with van der Waals surface area (Å²) in [5.74, 6) is 0.662. The smallest absolute Gasteiger partial charge is 0.161 e. The quantitative estimate of drug-likeness (QED) is 0.120. The molecular weight excluding hydrogens is 767 g/mol. The molecule has 0 saturated heterocycles. The highest BCUT2D eigenvalue weighted by atomic mass is 32.1. The SMILES string of the molecule is C=NC(=NC(=N)c1ccc2c(c1)sc1ccccc12)c1cccc2sc3cccc(C)c3c12.Cc1ccccc1.N=C(c1ccccc1)c1sc2ccccc2c1N. The first-order valence-electron chi connectivity index (χ1n) is 18.7. The summed E-state index contributed by atoms with van der Waals surface area (Å²) in [6, 6.07) is 55.0. The van der Waals surface area contributed by atoms with Gasteiger partial charge >= 0.3 is 0 Å². The molecule has 0 bridgehead atoms. The third-order valence-corrected chi connectivity index (χ3v) is 13.3. The van der Waals surface area contributed by atoms with Gasteiger partial charge in [-0.25, -0.2) is 9.98 Å². The summed E-state index contributed by atoms with van der Waals surface area (Å²) in [5, 5.41) is 22.9. The van der Waals surface area contributed by atoms with Crippen molar-refractivity contribution in [2.75, 3.05) is 5.73 Å². The maximum absolute atomic E-state index is 8.73. The summed E-state index contributed by atoms with van der Waals surface area (Å²) in [4.78, 5) is 9.75. The number of nitrogens with two attached hydrogens (primary N) is 1. The van der Waals surface area contributed by atoms with Crippen molar-refractivity contribution in [1.29, 1.82) is 10.8 Å². The molecule has 0 fully saturated rings. The van der Waals surface area contributed by atoms with Crippen molar-refractivity contribution in [1.82, 2.24) is 0 Å². The molecule has 3 aromatic heterocycles. The van der Waals surface area contributed by atoms with Crippen molar-refractivity contribution in [2.45, 2.75) is 13.8 Å². The van der Waals surface area contributed by atoms with Gasteiger partial charge in [0.2, 0.25) is 0 Å². The Morgan fingerprint density at radius 1 is 0.534 bits per heavy atom. The van der Waals surface area contributed by atoms with Gasteiger partial charge in [-0.05, 0) is 56.5 Å². The van der Waals surface area contributed by atoms with E-state index in [1.165, 1.54) is 41.4 Å². The minimum Gasteiger partial charge on any atom is -0.397 e. The summed E-state index contributed by atoms with van der Waals surface area (Å²) < 4.78 is 5.96. The van der Waals surface area contributed by atoms with E-state index in [1.807, 2.05) is 91.0 Å². The van der Waals surface area contributed by atoms with E-state index < -0.39 is 0 Å². The van der Waals surface area contributed by atoms with Gasteiger partial charge in [-0.3, -0.25) is 10.8 Å². The molecule has 58 heavy (non-hydrogen) atoms. The largest absolute Gasteiger partial charge is 0.397 e. The van der Waals surface area contributed by atoms with Crippen LogP contribution in [0, 0.1) is 24.7 Å². The van der Waals surface area contributed by atoms with E-state index in [-0.39, 0.29) is 5.84 Å². The average molecular weight is 806 g/mol. The van der Waals surface area contributed by atoms with Gasteiger partial charge in [0.25, 0.3) is 0 Å². The first kappa shape index (κ1) is 38.3. The lowest BCUT2D eigenvalue weighted by Crippen LogP contribution is -2.04. The van der Waals surface area contributed by atoms with Gasteiger partial charge in [0.05, 0.1) is 16.3 Å². The minimum absolute atomic E-state index is 0.185. The summed E-state index contributed by atoms with van der Waals surface area (Å²) in [7, 11) is 0. The lowest BCUT2D eigenvalue weighted by atomic mass is 10.0. The standard InChI is InChI=1S/C28H19N3S2.C15H12N2S.C7H8/c1-16-7-5-11-22-25(16)26-20(9-6-12-23(26)33-22)28(30-2)31-27(29)17-13-14-19-18-8-3-4-10-21(18)32-24(19)15-17;16-13(10-6-2-1-3-7-10)15-14(17)11-8-4-5-9-12(11)18-15;1-7-5-3-2-4-6-7/h3-15,29H,2H2,1H3;1-9,16H,17H2;2-6H,1H3. The number of nitrogen functional groups attached to an aromatic ring is 1. The van der Waals surface area contributed by atoms with Crippen molar-refractivity contribution in [3.63, 3.8) is 0 Å². The molecule has 0 unspecified atom stereocenters. The second kappa shape index (κ2) is 16.9. The number of nitrogens with one attached hydrogen (secondary N) is 2. The van der Waals surface area contributed by atoms with Gasteiger partial charge in [-0.2, -0.15) is 0 Å². The summed E-state index contributed by atoms with van der Waals surface area (Å²) in [6.45, 7) is 8.00. The molecule has 0 radical (unpaired) electrons. The van der Waals surface area contributed by atoms with E-state index in [4.69, 9.17) is 16.6 Å². The highest BCUT2D eigenvalue weighted by molar-refractivity contribution is 7.26. The van der Waals surface area contributed by atoms with Crippen LogP contribution in [0.25, 0.3) is 50.4 Å². The van der Waals surface area contributed by atoms with Crippen LogP contribution in [0.2, 0.25) is 0 Å². The lowest BCUT2D eigenvalue weighted by molar-refractivity contribution is 1.41. The zero-order valence-electron chi connectivity index (χ0n) is 32.0. The predicted octanol–water partition coefficient (Wildman–Crippen LogP) is 14.1. The molecule has 0 aliphatic carbocycles. The fourth-order valence-electron chi connectivity index (χ4n) is 6.97. The Bertz CT molecular complexity index is 3150. The van der Waals surface area contributed by atoms with E-state index in [0.717, 1.165) is 41.7 Å². The second-order valence-electron chi connectivity index (χ2n) is 13.7. The predicted molar refractivity (Wildman–Crippen MR) is 256 cm³/mol. The maximum Gasteiger partial charge on any atom is 0.161 e. The molecule has 0 atom stereocenters. The molecule has 0 amide bonds. The molecule has 3 heterocycles. The zero-order chi connectivity index (χ0) is 40.2. The number of thiophene rings is 3. The summed E-state index contributed by atoms with van der Waals surface area (Å²) in [6.07, 6.45) is 0. The number of rotatable bonds is 4. The van der Waals surface area contributed by atoms with Gasteiger partial charge in [-0.15, -0.1) is 34.0 Å². The Hall–Kier alpha value is -6.58. The van der Waals surface area contributed by atoms with Gasteiger partial charge in [0.1, 0.15) is 0 Å². The van der Waals surface area contributed by atoms with Crippen molar-refractivity contribution in [2.24, 2.45) is 9.98 Å². The van der Waals surface area contributed by atoms with Crippen LogP contribution in [0.1, 0.15) is 32.7 Å². The normalized spacial score (nSPS) is 11.3. The van der Waals surface area contributed by atoms with Gasteiger partial charge in [0.15, 0.2) is 11.7 Å². The van der Waals surface area contributed by atoms with E-state index in [2.05, 4.69) is 103 Å². The monoisotopic (exact) mass is 805 g/mol. The number of amidine groups is 2. The fourth-order valence-corrected chi connectivity index (χ4v) is 10.4. The fraction of sp³-hybridized carbons (Fsp3) is 0.0400. The van der Waals surface area contributed by atoms with Crippen molar-refractivity contribution in [3.8, 4) is 0 Å². The Morgan fingerprint density at radius 2 is 1.10 bits per heavy atom. The van der Waals surface area contributed by atoms with Crippen LogP contribution in [-0.2, 0) is 0 Å². The highest BCUT2D eigenvalue weighted by Crippen LogP contribution is 2.39. The number of benzene rings is 7. The number of fused-ring (bicyclic) bond motifs is 7. The molecule has 10 rings (SSSR count). The van der Waals surface area contributed by atoms with E-state index in [9.17, 15) is 0 Å². The van der Waals surface area contributed by atoms with Crippen molar-refractivity contribution in [3.05, 3.63) is 196 Å². The van der Waals surface area contributed by atoms with Gasteiger partial charge in [-0.1, -0.05) is 139 Å². The van der Waals surface area contributed by atoms with Crippen molar-refractivity contribution >= 4 is 114 Å². The van der Waals surface area contributed by atoms with Crippen LogP contribution in [0.3, 0.4) is 0 Å². The van der Waals surface area contributed by atoms with Crippen LogP contribution in [0.4, 0.5) is 5.69 Å². The molecule has 5 nitrogen and oxygen atoms in total. The van der Waals surface area contributed by atoms with Crippen LogP contribution < -0.4 is 5.73 Å². The molecule has 0 aliphatic rings. The Kier molecular flexibility index (Phi) is 11.1. The average Bonchev–Trinajstić information content (AvgIpc) is 3.95. The van der Waals surface area contributed by atoms with Crippen LogP contribution in [0.5, 0.6) is 0 Å². The van der Waals surface area contributed by atoms with Crippen molar-refractivity contribution < 1.29 is 0 Å². The first-order valence-corrected chi connectivity index (χ1v) is 21.2. The van der Waals surface area contributed by atoms with Crippen LogP contribution in [-0.4, -0.2) is 24.1 Å². The Balaban J connectivity index is 0.000000156. The van der Waals surface area contributed by atoms with Crippen LogP contribution >= 0.6 is 34.0 Å². The maximum atomic E-state index is 8.73. The highest BCUT2D eigenvalue weighted by Gasteiger charge is 2.16. The van der Waals surface area contributed by atoms with Gasteiger partial charge in [0, 0.05) is 67.1 Å². The topological polar surface area (TPSA) is 98.4 Å².